The molecule has 0 radical (unpaired) electrons. The molecule has 20 heavy (non-hydrogen) atoms. The lowest BCUT2D eigenvalue weighted by atomic mass is 10.2. The molecule has 0 amide bonds. The molecule has 0 aliphatic carbocycles. The van der Waals surface area contributed by atoms with Crippen molar-refractivity contribution in [1.29, 1.82) is 0 Å². The molecular formula is C13H17ClN2O4. The minimum absolute atomic E-state index is 0.0476. The second-order valence-electron chi connectivity index (χ2n) is 4.42. The fraction of sp³-hybridized carbons (Fsp3) is 0.462. The maximum Gasteiger partial charge on any atom is 0.325 e. The van der Waals surface area contributed by atoms with Crippen molar-refractivity contribution < 1.29 is 14.5 Å². The van der Waals surface area contributed by atoms with Gasteiger partial charge < -0.3 is 9.64 Å². The minimum Gasteiger partial charge on any atom is -0.465 e. The summed E-state index contributed by atoms with van der Waals surface area (Å²) < 4.78 is 4.89. The smallest absolute Gasteiger partial charge is 0.325 e. The molecule has 0 unspecified atom stereocenters. The zero-order valence-corrected chi connectivity index (χ0v) is 12.4. The molecule has 0 fully saturated rings. The van der Waals surface area contributed by atoms with Crippen LogP contribution in [0.1, 0.15) is 20.8 Å². The van der Waals surface area contributed by atoms with Gasteiger partial charge in [0.25, 0.3) is 5.69 Å². The Kier molecular flexibility index (Phi) is 5.76. The second kappa shape index (κ2) is 7.09. The number of esters is 1. The van der Waals surface area contributed by atoms with Crippen LogP contribution in [0, 0.1) is 10.1 Å². The highest BCUT2D eigenvalue weighted by molar-refractivity contribution is 6.30. The molecule has 110 valence electrons. The molecule has 0 bridgehead atoms. The van der Waals surface area contributed by atoms with Crippen LogP contribution in [0.2, 0.25) is 5.02 Å². The number of hydrogen-bond donors (Lipinski definition) is 0. The third kappa shape index (κ3) is 4.09. The molecule has 0 aromatic heterocycles. The molecule has 0 atom stereocenters. The molecule has 0 saturated heterocycles. The van der Waals surface area contributed by atoms with Crippen molar-refractivity contribution in [2.75, 3.05) is 18.1 Å². The number of benzene rings is 1. The topological polar surface area (TPSA) is 72.7 Å². The van der Waals surface area contributed by atoms with Gasteiger partial charge in [0.15, 0.2) is 0 Å². The Bertz CT molecular complexity index is 505. The molecular weight excluding hydrogens is 284 g/mol. The van der Waals surface area contributed by atoms with Crippen LogP contribution >= 0.6 is 11.6 Å². The lowest BCUT2D eigenvalue weighted by Crippen LogP contribution is -2.37. The summed E-state index contributed by atoms with van der Waals surface area (Å²) in [5.74, 6) is -0.426. The van der Waals surface area contributed by atoms with E-state index < -0.39 is 10.9 Å². The van der Waals surface area contributed by atoms with Gasteiger partial charge in [0.2, 0.25) is 0 Å². The number of hydrogen-bond acceptors (Lipinski definition) is 5. The number of halogens is 1. The summed E-state index contributed by atoms with van der Waals surface area (Å²) in [7, 11) is 0. The van der Waals surface area contributed by atoms with Crippen LogP contribution < -0.4 is 4.90 Å². The van der Waals surface area contributed by atoms with Crippen molar-refractivity contribution in [2.24, 2.45) is 0 Å². The largest absolute Gasteiger partial charge is 0.465 e. The van der Waals surface area contributed by atoms with E-state index in [1.54, 1.807) is 24.0 Å². The van der Waals surface area contributed by atoms with Crippen LogP contribution in [0.5, 0.6) is 0 Å². The fourth-order valence-electron chi connectivity index (χ4n) is 1.78. The molecule has 0 N–H and O–H groups in total. The normalized spacial score (nSPS) is 10.4. The average Bonchev–Trinajstić information content (AvgIpc) is 2.36. The number of nitro benzene ring substituents is 1. The van der Waals surface area contributed by atoms with Crippen molar-refractivity contribution in [1.82, 2.24) is 0 Å². The standard InChI is InChI=1S/C13H17ClN2O4/c1-4-20-13(17)8-15(9(2)3)11-6-5-10(14)7-12(11)16(18)19/h5-7,9H,4,8H2,1-3H3. The van der Waals surface area contributed by atoms with E-state index in [0.29, 0.717) is 5.69 Å². The van der Waals surface area contributed by atoms with Gasteiger partial charge in [-0.25, -0.2) is 0 Å². The Morgan fingerprint density at radius 1 is 1.50 bits per heavy atom. The van der Waals surface area contributed by atoms with Crippen molar-refractivity contribution >= 4 is 28.9 Å². The Morgan fingerprint density at radius 3 is 2.65 bits per heavy atom. The summed E-state index contributed by atoms with van der Waals surface area (Å²) in [4.78, 5) is 23.8. The number of nitro groups is 1. The van der Waals surface area contributed by atoms with Gasteiger partial charge in [0, 0.05) is 17.1 Å². The quantitative estimate of drug-likeness (QED) is 0.459. The fourth-order valence-corrected chi connectivity index (χ4v) is 1.94. The number of carbonyl (C=O) groups is 1. The highest BCUT2D eigenvalue weighted by Gasteiger charge is 2.24. The van der Waals surface area contributed by atoms with Gasteiger partial charge in [-0.15, -0.1) is 0 Å². The number of anilines is 1. The average molecular weight is 301 g/mol. The summed E-state index contributed by atoms with van der Waals surface area (Å²) in [6.45, 7) is 5.62. The predicted molar refractivity (Wildman–Crippen MR) is 77.2 cm³/mol. The Balaban J connectivity index is 3.15. The van der Waals surface area contributed by atoms with E-state index in [2.05, 4.69) is 0 Å². The van der Waals surface area contributed by atoms with Crippen molar-refractivity contribution in [3.63, 3.8) is 0 Å². The van der Waals surface area contributed by atoms with Gasteiger partial charge in [-0.3, -0.25) is 14.9 Å². The van der Waals surface area contributed by atoms with Crippen LogP contribution in [0.4, 0.5) is 11.4 Å². The molecule has 1 aromatic rings. The Labute approximate surface area is 122 Å². The van der Waals surface area contributed by atoms with Gasteiger partial charge in [-0.1, -0.05) is 11.6 Å². The third-order valence-electron chi connectivity index (χ3n) is 2.67. The molecule has 1 rings (SSSR count). The van der Waals surface area contributed by atoms with E-state index in [9.17, 15) is 14.9 Å². The first-order valence-corrected chi connectivity index (χ1v) is 6.60. The molecule has 0 heterocycles. The third-order valence-corrected chi connectivity index (χ3v) is 2.91. The van der Waals surface area contributed by atoms with Gasteiger partial charge in [0.05, 0.1) is 11.5 Å². The van der Waals surface area contributed by atoms with Gasteiger partial charge in [0.1, 0.15) is 12.2 Å². The first-order valence-electron chi connectivity index (χ1n) is 6.23. The van der Waals surface area contributed by atoms with Crippen molar-refractivity contribution in [2.45, 2.75) is 26.8 Å². The molecule has 1 aromatic carbocycles. The van der Waals surface area contributed by atoms with E-state index in [0.717, 1.165) is 0 Å². The molecule has 7 heteroatoms. The monoisotopic (exact) mass is 300 g/mol. The maximum absolute atomic E-state index is 11.6. The number of ether oxygens (including phenoxy) is 1. The van der Waals surface area contributed by atoms with E-state index in [-0.39, 0.29) is 29.9 Å². The van der Waals surface area contributed by atoms with E-state index in [4.69, 9.17) is 16.3 Å². The highest BCUT2D eigenvalue weighted by atomic mass is 35.5. The van der Waals surface area contributed by atoms with Crippen LogP contribution in [0.25, 0.3) is 0 Å². The summed E-state index contributed by atoms with van der Waals surface area (Å²) in [5, 5.41) is 11.4. The van der Waals surface area contributed by atoms with E-state index in [1.807, 2.05) is 13.8 Å². The molecule has 0 aliphatic rings. The first-order chi connectivity index (χ1) is 9.36. The predicted octanol–water partition coefficient (Wildman–Crippen LogP) is 3.03. The Hall–Kier alpha value is -1.82. The number of nitrogens with zero attached hydrogens (tertiary/aromatic N) is 2. The van der Waals surface area contributed by atoms with Crippen LogP contribution in [0.3, 0.4) is 0 Å². The zero-order valence-electron chi connectivity index (χ0n) is 11.6. The second-order valence-corrected chi connectivity index (χ2v) is 4.85. The van der Waals surface area contributed by atoms with Gasteiger partial charge in [-0.2, -0.15) is 0 Å². The maximum atomic E-state index is 11.6. The number of rotatable bonds is 6. The summed E-state index contributed by atoms with van der Waals surface area (Å²) in [5.41, 5.74) is 0.220. The molecule has 0 saturated carbocycles. The lowest BCUT2D eigenvalue weighted by molar-refractivity contribution is -0.384. The molecule has 6 nitrogen and oxygen atoms in total. The van der Waals surface area contributed by atoms with Crippen molar-refractivity contribution in [3.8, 4) is 0 Å². The molecule has 0 aliphatic heterocycles. The Morgan fingerprint density at radius 2 is 2.15 bits per heavy atom. The minimum atomic E-state index is -0.512. The van der Waals surface area contributed by atoms with Crippen molar-refractivity contribution in [3.05, 3.63) is 33.3 Å². The summed E-state index contributed by atoms with van der Waals surface area (Å²) >= 11 is 5.79. The van der Waals surface area contributed by atoms with Crippen LogP contribution in [0.15, 0.2) is 18.2 Å². The summed E-state index contributed by atoms with van der Waals surface area (Å²) in [6.07, 6.45) is 0. The summed E-state index contributed by atoms with van der Waals surface area (Å²) in [6, 6.07) is 4.28. The molecule has 0 spiro atoms. The van der Waals surface area contributed by atoms with Gasteiger partial charge in [-0.05, 0) is 32.9 Å². The first kappa shape index (κ1) is 16.2. The highest BCUT2D eigenvalue weighted by Crippen LogP contribution is 2.32. The lowest BCUT2D eigenvalue weighted by Gasteiger charge is -2.27. The van der Waals surface area contributed by atoms with Gasteiger partial charge >= 0.3 is 5.97 Å². The van der Waals surface area contributed by atoms with E-state index >= 15 is 0 Å². The van der Waals surface area contributed by atoms with Crippen LogP contribution in [-0.2, 0) is 9.53 Å². The number of carbonyl (C=O) groups excluding carboxylic acids is 1. The SMILES string of the molecule is CCOC(=O)CN(c1ccc(Cl)cc1[N+](=O)[O-])C(C)C. The zero-order chi connectivity index (χ0) is 15.3. The van der Waals surface area contributed by atoms with Crippen LogP contribution in [-0.4, -0.2) is 30.1 Å². The van der Waals surface area contributed by atoms with E-state index in [1.165, 1.54) is 6.07 Å².